The molecule has 0 radical (unpaired) electrons. The Kier molecular flexibility index (Phi) is 52.7. The van der Waals surface area contributed by atoms with Crippen molar-refractivity contribution in [3.05, 3.63) is 122 Å². The van der Waals surface area contributed by atoms with Crippen molar-refractivity contribution in [3.63, 3.8) is 0 Å². The average molecular weight is 1050 g/mol. The van der Waals surface area contributed by atoms with E-state index >= 15 is 0 Å². The summed E-state index contributed by atoms with van der Waals surface area (Å²) < 4.78 is 22.9. The van der Waals surface area contributed by atoms with Crippen molar-refractivity contribution in [1.82, 2.24) is 0 Å². The molecule has 0 amide bonds. The van der Waals surface area contributed by atoms with Crippen LogP contribution in [0.15, 0.2) is 122 Å². The lowest BCUT2D eigenvalue weighted by atomic mass is 10.1. The van der Waals surface area contributed by atoms with Gasteiger partial charge < -0.3 is 28.5 Å². The number of rotatable bonds is 53. The van der Waals surface area contributed by atoms with Crippen LogP contribution in [0.1, 0.15) is 219 Å². The number of unbranched alkanes of at least 4 members (excludes halogenated alkanes) is 18. The fourth-order valence-corrected chi connectivity index (χ4v) is 7.71. The van der Waals surface area contributed by atoms with Crippen molar-refractivity contribution in [2.75, 3.05) is 47.5 Å². The maximum absolute atomic E-state index is 12.9. The van der Waals surface area contributed by atoms with Gasteiger partial charge >= 0.3 is 17.9 Å². The zero-order valence-electron chi connectivity index (χ0n) is 48.4. The minimum atomic E-state index is -1.52. The monoisotopic (exact) mass is 1040 g/mol. The molecule has 0 heterocycles. The van der Waals surface area contributed by atoms with Crippen LogP contribution in [0.3, 0.4) is 0 Å². The van der Waals surface area contributed by atoms with E-state index in [1.807, 2.05) is 21.1 Å². The van der Waals surface area contributed by atoms with Crippen LogP contribution in [0.5, 0.6) is 0 Å². The van der Waals surface area contributed by atoms with Crippen molar-refractivity contribution in [1.29, 1.82) is 0 Å². The molecule has 0 saturated heterocycles. The largest absolute Gasteiger partial charge is 0.477 e. The SMILES string of the molecule is CC/C=C\C/C=C\C/C=C\C/C=C\C/C=C\CCCCCCCCCCCC(=O)OCC(COC(OCC[N+](C)(C)C)C(=O)O)OC(=O)CCCCCCCCCCC/C=C\C/C=C\C/C=C\C/C=C\C/C=C\CC. The Labute approximate surface area is 459 Å². The van der Waals surface area contributed by atoms with E-state index in [-0.39, 0.29) is 38.6 Å². The Morgan fingerprint density at radius 2 is 0.720 bits per heavy atom. The predicted molar refractivity (Wildman–Crippen MR) is 318 cm³/mol. The van der Waals surface area contributed by atoms with Crippen molar-refractivity contribution >= 4 is 17.9 Å². The Hall–Kier alpha value is -4.31. The molecule has 0 bridgehead atoms. The number of carbonyl (C=O) groups is 3. The molecule has 0 rings (SSSR count). The first-order valence-corrected chi connectivity index (χ1v) is 29.7. The molecular weight excluding hydrogens is 935 g/mol. The number of quaternary nitrogens is 1. The molecule has 75 heavy (non-hydrogen) atoms. The van der Waals surface area contributed by atoms with Crippen LogP contribution in [-0.4, -0.2) is 87.4 Å². The first-order valence-electron chi connectivity index (χ1n) is 29.7. The van der Waals surface area contributed by atoms with Crippen molar-refractivity contribution in [2.24, 2.45) is 0 Å². The highest BCUT2D eigenvalue weighted by molar-refractivity contribution is 5.71. The van der Waals surface area contributed by atoms with Gasteiger partial charge in [-0.25, -0.2) is 4.79 Å². The Bertz CT molecular complexity index is 1640. The third kappa shape index (κ3) is 57.2. The van der Waals surface area contributed by atoms with Gasteiger partial charge in [0.15, 0.2) is 6.10 Å². The molecule has 2 atom stereocenters. The second-order valence-corrected chi connectivity index (χ2v) is 20.5. The standard InChI is InChI=1S/C66H109NO8/c1-6-8-10-12-14-16-18-20-22-24-26-28-30-32-34-36-38-40-42-44-46-48-50-52-54-56-63(68)73-60-62(61-74-66(65(70)71)72-59-58-67(3,4)5)75-64(69)57-55-53-51-49-47-45-43-41-39-37-35-33-31-29-27-25-23-21-19-17-15-13-11-9-7-2/h8-11,14-17,20-23,26-29,32-35,62,66H,6-7,12-13,18-19,24-25,30-31,36-61H2,1-5H3/p+1/b10-8-,11-9-,16-14-,17-15-,22-20-,23-21-,28-26-,29-27-,34-32-,35-33-. The third-order valence-electron chi connectivity index (χ3n) is 12.2. The summed E-state index contributed by atoms with van der Waals surface area (Å²) in [6.45, 7) is 4.63. The number of hydrogen-bond acceptors (Lipinski definition) is 7. The Morgan fingerprint density at radius 3 is 1.07 bits per heavy atom. The van der Waals surface area contributed by atoms with Crippen LogP contribution in [0.2, 0.25) is 0 Å². The summed E-state index contributed by atoms with van der Waals surface area (Å²) in [6.07, 6.45) is 75.5. The number of likely N-dealkylation sites (N-methyl/N-ethyl adjacent to an activating group) is 1. The zero-order valence-corrected chi connectivity index (χ0v) is 48.4. The fraction of sp³-hybridized carbons (Fsp3) is 0.652. The molecule has 0 aromatic heterocycles. The van der Waals surface area contributed by atoms with Gasteiger partial charge in [-0.3, -0.25) is 9.59 Å². The zero-order chi connectivity index (χ0) is 54.8. The van der Waals surface area contributed by atoms with Gasteiger partial charge in [0.2, 0.25) is 0 Å². The van der Waals surface area contributed by atoms with Crippen LogP contribution in [0.4, 0.5) is 0 Å². The van der Waals surface area contributed by atoms with Gasteiger partial charge in [0.1, 0.15) is 13.2 Å². The normalized spacial score (nSPS) is 13.7. The molecule has 0 aromatic carbocycles. The van der Waals surface area contributed by atoms with E-state index in [9.17, 15) is 19.5 Å². The quantitative estimate of drug-likeness (QED) is 0.0211. The molecule has 1 N–H and O–H groups in total. The van der Waals surface area contributed by atoms with E-state index in [1.165, 1.54) is 64.2 Å². The summed E-state index contributed by atoms with van der Waals surface area (Å²) in [4.78, 5) is 37.5. The van der Waals surface area contributed by atoms with E-state index in [2.05, 4.69) is 135 Å². The van der Waals surface area contributed by atoms with Crippen molar-refractivity contribution in [3.8, 4) is 0 Å². The van der Waals surface area contributed by atoms with E-state index in [0.717, 1.165) is 122 Å². The highest BCUT2D eigenvalue weighted by Crippen LogP contribution is 2.15. The lowest BCUT2D eigenvalue weighted by Gasteiger charge is -2.25. The average Bonchev–Trinajstić information content (AvgIpc) is 3.38. The minimum Gasteiger partial charge on any atom is -0.477 e. The number of esters is 2. The second-order valence-electron chi connectivity index (χ2n) is 20.5. The number of carboxylic acids is 1. The molecule has 0 aliphatic heterocycles. The molecular formula is C66H110NO8+. The molecule has 0 aliphatic carbocycles. The first-order chi connectivity index (χ1) is 36.6. The summed E-state index contributed by atoms with van der Waals surface area (Å²) in [5, 5.41) is 9.71. The van der Waals surface area contributed by atoms with Crippen LogP contribution >= 0.6 is 0 Å². The van der Waals surface area contributed by atoms with Gasteiger partial charge in [-0.1, -0.05) is 225 Å². The smallest absolute Gasteiger partial charge is 0.361 e. The lowest BCUT2D eigenvalue weighted by Crippen LogP contribution is -2.40. The van der Waals surface area contributed by atoms with Crippen molar-refractivity contribution < 1.29 is 42.9 Å². The first kappa shape index (κ1) is 70.7. The number of ether oxygens (including phenoxy) is 4. The number of carboxylic acid groups (broad SMARTS) is 1. The van der Waals surface area contributed by atoms with Gasteiger partial charge in [-0.2, -0.15) is 0 Å². The van der Waals surface area contributed by atoms with Gasteiger partial charge in [-0.05, 0) is 103 Å². The van der Waals surface area contributed by atoms with E-state index in [4.69, 9.17) is 18.9 Å². The molecule has 0 saturated carbocycles. The van der Waals surface area contributed by atoms with Gasteiger partial charge in [0.05, 0.1) is 34.4 Å². The number of nitrogens with zero attached hydrogens (tertiary/aromatic N) is 1. The van der Waals surface area contributed by atoms with Crippen LogP contribution in [-0.2, 0) is 33.3 Å². The molecule has 2 unspecified atom stereocenters. The Morgan fingerprint density at radius 1 is 0.400 bits per heavy atom. The summed E-state index contributed by atoms with van der Waals surface area (Å²) in [5.74, 6) is -2.03. The lowest BCUT2D eigenvalue weighted by molar-refractivity contribution is -0.870. The summed E-state index contributed by atoms with van der Waals surface area (Å²) in [7, 11) is 5.96. The predicted octanol–water partition coefficient (Wildman–Crippen LogP) is 17.7. The highest BCUT2D eigenvalue weighted by atomic mass is 16.7. The Balaban J connectivity index is 4.29. The van der Waals surface area contributed by atoms with Gasteiger partial charge in [0, 0.05) is 12.8 Å². The maximum atomic E-state index is 12.9. The summed E-state index contributed by atoms with van der Waals surface area (Å²) in [6, 6.07) is 0. The molecule has 0 aromatic rings. The van der Waals surface area contributed by atoms with E-state index in [0.29, 0.717) is 17.4 Å². The molecule has 9 nitrogen and oxygen atoms in total. The van der Waals surface area contributed by atoms with Crippen LogP contribution in [0.25, 0.3) is 0 Å². The molecule has 0 fully saturated rings. The molecule has 0 aliphatic rings. The van der Waals surface area contributed by atoms with Crippen LogP contribution in [0, 0.1) is 0 Å². The molecule has 9 heteroatoms. The minimum absolute atomic E-state index is 0.179. The van der Waals surface area contributed by atoms with Crippen molar-refractivity contribution in [2.45, 2.75) is 232 Å². The third-order valence-corrected chi connectivity index (χ3v) is 12.2. The van der Waals surface area contributed by atoms with Gasteiger partial charge in [0.25, 0.3) is 6.29 Å². The molecule has 0 spiro atoms. The maximum Gasteiger partial charge on any atom is 0.361 e. The summed E-state index contributed by atoms with van der Waals surface area (Å²) in [5.41, 5.74) is 0. The number of hydrogen-bond donors (Lipinski definition) is 1. The van der Waals surface area contributed by atoms with E-state index < -0.39 is 24.3 Å². The highest BCUT2D eigenvalue weighted by Gasteiger charge is 2.25. The van der Waals surface area contributed by atoms with E-state index in [1.54, 1.807) is 0 Å². The van der Waals surface area contributed by atoms with Crippen LogP contribution < -0.4 is 0 Å². The number of carbonyl (C=O) groups excluding carboxylic acids is 2. The molecule has 426 valence electrons. The summed E-state index contributed by atoms with van der Waals surface area (Å²) >= 11 is 0. The number of aliphatic carboxylic acids is 1. The topological polar surface area (TPSA) is 108 Å². The van der Waals surface area contributed by atoms with Gasteiger partial charge in [-0.15, -0.1) is 0 Å². The second kappa shape index (κ2) is 55.9. The fourth-order valence-electron chi connectivity index (χ4n) is 7.71. The number of allylic oxidation sites excluding steroid dienone is 20.